The summed E-state index contributed by atoms with van der Waals surface area (Å²) in [6.45, 7) is 0. The molecule has 0 saturated heterocycles. The molecule has 0 aliphatic rings. The number of carbonyl (C=O) groups excluding carboxylic acids is 1. The van der Waals surface area contributed by atoms with E-state index in [0.29, 0.717) is 15.6 Å². The lowest BCUT2D eigenvalue weighted by molar-refractivity contribution is 0.0601. The molecule has 0 spiro atoms. The standard InChI is InChI=1S/C19H16Cl2N2O2/c1-23(2)18-15(19(24)25-3)5-4-14-16(9-22-10-17(14)18)11-6-12(20)8-13(21)7-11/h4-10H,1-3H3. The van der Waals surface area contributed by atoms with Crippen molar-refractivity contribution in [2.75, 3.05) is 26.1 Å². The van der Waals surface area contributed by atoms with Crippen LogP contribution in [-0.4, -0.2) is 32.2 Å². The molecule has 0 N–H and O–H groups in total. The number of aromatic nitrogens is 1. The molecule has 1 aromatic heterocycles. The second-order valence-corrected chi connectivity index (χ2v) is 6.66. The second-order valence-electron chi connectivity index (χ2n) is 5.79. The number of benzene rings is 2. The number of nitrogens with zero attached hydrogens (tertiary/aromatic N) is 2. The number of rotatable bonds is 3. The van der Waals surface area contributed by atoms with Crippen molar-refractivity contribution in [2.24, 2.45) is 0 Å². The number of carbonyl (C=O) groups is 1. The lowest BCUT2D eigenvalue weighted by Gasteiger charge is -2.20. The van der Waals surface area contributed by atoms with Crippen molar-refractivity contribution >= 4 is 45.6 Å². The molecule has 3 rings (SSSR count). The first-order valence-corrected chi connectivity index (χ1v) is 8.30. The lowest BCUT2D eigenvalue weighted by atomic mass is 9.97. The normalized spacial score (nSPS) is 10.8. The molecule has 2 aromatic carbocycles. The number of halogens is 2. The molecule has 0 atom stereocenters. The summed E-state index contributed by atoms with van der Waals surface area (Å²) >= 11 is 12.3. The van der Waals surface area contributed by atoms with Gasteiger partial charge in [-0.3, -0.25) is 4.98 Å². The summed E-state index contributed by atoms with van der Waals surface area (Å²) in [6, 6.07) is 9.02. The minimum atomic E-state index is -0.387. The van der Waals surface area contributed by atoms with Gasteiger partial charge in [0.1, 0.15) is 0 Å². The van der Waals surface area contributed by atoms with Crippen LogP contribution < -0.4 is 4.90 Å². The van der Waals surface area contributed by atoms with E-state index in [4.69, 9.17) is 27.9 Å². The Morgan fingerprint density at radius 3 is 2.32 bits per heavy atom. The van der Waals surface area contributed by atoms with Crippen LogP contribution in [0.25, 0.3) is 21.9 Å². The van der Waals surface area contributed by atoms with Crippen molar-refractivity contribution < 1.29 is 9.53 Å². The van der Waals surface area contributed by atoms with Crippen LogP contribution >= 0.6 is 23.2 Å². The number of methoxy groups -OCH3 is 1. The van der Waals surface area contributed by atoms with E-state index in [1.165, 1.54) is 7.11 Å². The SMILES string of the molecule is COC(=O)c1ccc2c(-c3cc(Cl)cc(Cl)c3)cncc2c1N(C)C. The van der Waals surface area contributed by atoms with Gasteiger partial charge in [-0.15, -0.1) is 0 Å². The van der Waals surface area contributed by atoms with Gasteiger partial charge in [0, 0.05) is 47.5 Å². The fourth-order valence-corrected chi connectivity index (χ4v) is 3.45. The van der Waals surface area contributed by atoms with E-state index in [1.807, 2.05) is 37.2 Å². The molecule has 0 saturated carbocycles. The zero-order valence-corrected chi connectivity index (χ0v) is 15.5. The van der Waals surface area contributed by atoms with Crippen molar-refractivity contribution in [3.05, 3.63) is 58.3 Å². The molecule has 0 radical (unpaired) electrons. The van der Waals surface area contributed by atoms with Crippen molar-refractivity contribution in [3.8, 4) is 11.1 Å². The van der Waals surface area contributed by atoms with Crippen molar-refractivity contribution in [1.82, 2.24) is 4.98 Å². The maximum atomic E-state index is 12.1. The summed E-state index contributed by atoms with van der Waals surface area (Å²) in [6.07, 6.45) is 3.51. The average Bonchev–Trinajstić information content (AvgIpc) is 2.58. The average molecular weight is 375 g/mol. The molecular formula is C19H16Cl2N2O2. The molecule has 3 aromatic rings. The van der Waals surface area contributed by atoms with Gasteiger partial charge >= 0.3 is 5.97 Å². The third-order valence-electron chi connectivity index (χ3n) is 3.94. The number of pyridine rings is 1. The zero-order chi connectivity index (χ0) is 18.1. The van der Waals surface area contributed by atoms with E-state index in [1.54, 1.807) is 24.5 Å². The van der Waals surface area contributed by atoms with Gasteiger partial charge in [0.05, 0.1) is 18.4 Å². The van der Waals surface area contributed by atoms with Crippen LogP contribution in [0.4, 0.5) is 5.69 Å². The predicted molar refractivity (Wildman–Crippen MR) is 103 cm³/mol. The van der Waals surface area contributed by atoms with E-state index in [0.717, 1.165) is 27.6 Å². The fraction of sp³-hybridized carbons (Fsp3) is 0.158. The summed E-state index contributed by atoms with van der Waals surface area (Å²) in [5.74, 6) is -0.387. The van der Waals surface area contributed by atoms with Gasteiger partial charge in [0.2, 0.25) is 0 Å². The highest BCUT2D eigenvalue weighted by Crippen LogP contribution is 2.37. The van der Waals surface area contributed by atoms with Gasteiger partial charge in [0.25, 0.3) is 0 Å². The minimum absolute atomic E-state index is 0.387. The summed E-state index contributed by atoms with van der Waals surface area (Å²) in [5, 5.41) is 2.91. The molecule has 0 amide bonds. The minimum Gasteiger partial charge on any atom is -0.465 e. The Labute approximate surface area is 155 Å². The quantitative estimate of drug-likeness (QED) is 0.600. The summed E-state index contributed by atoms with van der Waals surface area (Å²) < 4.78 is 4.90. The first kappa shape index (κ1) is 17.5. The maximum Gasteiger partial charge on any atom is 0.339 e. The monoisotopic (exact) mass is 374 g/mol. The topological polar surface area (TPSA) is 42.4 Å². The molecular weight excluding hydrogens is 359 g/mol. The Hall–Kier alpha value is -2.30. The highest BCUT2D eigenvalue weighted by molar-refractivity contribution is 6.35. The smallest absolute Gasteiger partial charge is 0.339 e. The molecule has 1 heterocycles. The predicted octanol–water partition coefficient (Wildman–Crippen LogP) is 5.06. The van der Waals surface area contributed by atoms with Crippen molar-refractivity contribution in [1.29, 1.82) is 0 Å². The maximum absolute atomic E-state index is 12.1. The van der Waals surface area contributed by atoms with Crippen LogP contribution in [-0.2, 0) is 4.74 Å². The fourth-order valence-electron chi connectivity index (χ4n) is 2.93. The third kappa shape index (κ3) is 3.28. The van der Waals surface area contributed by atoms with Gasteiger partial charge < -0.3 is 9.64 Å². The van der Waals surface area contributed by atoms with E-state index in [9.17, 15) is 4.79 Å². The third-order valence-corrected chi connectivity index (χ3v) is 4.38. The van der Waals surface area contributed by atoms with Crippen molar-refractivity contribution in [3.63, 3.8) is 0 Å². The van der Waals surface area contributed by atoms with Crippen LogP contribution in [0.5, 0.6) is 0 Å². The number of anilines is 1. The van der Waals surface area contributed by atoms with Crippen LogP contribution in [0.2, 0.25) is 10.0 Å². The number of fused-ring (bicyclic) bond motifs is 1. The molecule has 0 unspecified atom stereocenters. The molecule has 128 valence electrons. The van der Waals surface area contributed by atoms with Crippen LogP contribution in [0.15, 0.2) is 42.7 Å². The van der Waals surface area contributed by atoms with Crippen molar-refractivity contribution in [2.45, 2.75) is 0 Å². The Balaban J connectivity index is 2.34. The summed E-state index contributed by atoms with van der Waals surface area (Å²) in [7, 11) is 5.13. The molecule has 6 heteroatoms. The van der Waals surface area contributed by atoms with E-state index >= 15 is 0 Å². The van der Waals surface area contributed by atoms with Crippen LogP contribution in [0, 0.1) is 0 Å². The van der Waals surface area contributed by atoms with Gasteiger partial charge in [-0.1, -0.05) is 29.3 Å². The Morgan fingerprint density at radius 1 is 1.04 bits per heavy atom. The van der Waals surface area contributed by atoms with E-state index < -0.39 is 0 Å². The molecule has 0 bridgehead atoms. The highest BCUT2D eigenvalue weighted by atomic mass is 35.5. The van der Waals surface area contributed by atoms with Gasteiger partial charge in [-0.05, 0) is 35.2 Å². The molecule has 0 aliphatic heterocycles. The van der Waals surface area contributed by atoms with Gasteiger partial charge in [-0.2, -0.15) is 0 Å². The first-order chi connectivity index (χ1) is 11.9. The van der Waals surface area contributed by atoms with Gasteiger partial charge in [0.15, 0.2) is 0 Å². The molecule has 0 aliphatic carbocycles. The molecule has 25 heavy (non-hydrogen) atoms. The number of ether oxygens (including phenoxy) is 1. The Bertz CT molecular complexity index is 951. The second kappa shape index (κ2) is 6.90. The lowest BCUT2D eigenvalue weighted by Crippen LogP contribution is -2.15. The van der Waals surface area contributed by atoms with Gasteiger partial charge in [-0.25, -0.2) is 4.79 Å². The van der Waals surface area contributed by atoms with Crippen LogP contribution in [0.1, 0.15) is 10.4 Å². The van der Waals surface area contributed by atoms with Crippen LogP contribution in [0.3, 0.4) is 0 Å². The number of hydrogen-bond acceptors (Lipinski definition) is 4. The highest BCUT2D eigenvalue weighted by Gasteiger charge is 2.18. The molecule has 4 nitrogen and oxygen atoms in total. The first-order valence-electron chi connectivity index (χ1n) is 7.55. The Morgan fingerprint density at radius 2 is 1.72 bits per heavy atom. The largest absolute Gasteiger partial charge is 0.465 e. The summed E-state index contributed by atoms with van der Waals surface area (Å²) in [4.78, 5) is 18.4. The zero-order valence-electron chi connectivity index (χ0n) is 14.0. The number of esters is 1. The van der Waals surface area contributed by atoms with E-state index in [2.05, 4.69) is 4.98 Å². The number of hydrogen-bond donors (Lipinski definition) is 0. The molecule has 0 fully saturated rings. The van der Waals surface area contributed by atoms with E-state index in [-0.39, 0.29) is 5.97 Å². The Kier molecular flexibility index (Phi) is 4.84. The summed E-state index contributed by atoms with van der Waals surface area (Å²) in [5.41, 5.74) is 3.00.